The molecule has 0 spiro atoms. The van der Waals surface area contributed by atoms with Gasteiger partial charge in [-0.15, -0.1) is 4.40 Å². The van der Waals surface area contributed by atoms with E-state index in [-0.39, 0.29) is 10.0 Å². The molecule has 3 aromatic rings. The average Bonchev–Trinajstić information content (AvgIpc) is 3.04. The van der Waals surface area contributed by atoms with Crippen LogP contribution in [-0.4, -0.2) is 48.4 Å². The van der Waals surface area contributed by atoms with Crippen LogP contribution < -0.4 is 0 Å². The standard InChI is InChI=1S/C18H16ClFN4O3S/c1-23(2)11-22-28(26,27)14-6-4-13(5-7-14)24-10-21-18(19)17(24)12-3-8-16(25)15(20)9-12/h3-11,25H,1-2H3/b22-11+. The van der Waals surface area contributed by atoms with Crippen molar-refractivity contribution in [1.82, 2.24) is 14.5 Å². The zero-order valence-electron chi connectivity index (χ0n) is 14.9. The Morgan fingerprint density at radius 3 is 2.50 bits per heavy atom. The van der Waals surface area contributed by atoms with Crippen LogP contribution in [-0.2, 0) is 10.0 Å². The number of benzene rings is 2. The molecule has 28 heavy (non-hydrogen) atoms. The number of hydrogen-bond acceptors (Lipinski definition) is 4. The van der Waals surface area contributed by atoms with E-state index in [0.29, 0.717) is 16.9 Å². The Morgan fingerprint density at radius 1 is 1.21 bits per heavy atom. The molecule has 0 aliphatic rings. The van der Waals surface area contributed by atoms with E-state index in [2.05, 4.69) is 9.38 Å². The first-order valence-corrected chi connectivity index (χ1v) is 9.80. The normalized spacial score (nSPS) is 11.9. The number of rotatable bonds is 5. The molecule has 7 nitrogen and oxygen atoms in total. The summed E-state index contributed by atoms with van der Waals surface area (Å²) < 4.78 is 43.4. The van der Waals surface area contributed by atoms with Crippen LogP contribution in [0.3, 0.4) is 0 Å². The van der Waals surface area contributed by atoms with Crippen molar-refractivity contribution in [2.24, 2.45) is 4.40 Å². The third kappa shape index (κ3) is 4.00. The zero-order chi connectivity index (χ0) is 20.5. The van der Waals surface area contributed by atoms with Gasteiger partial charge < -0.3 is 10.0 Å². The van der Waals surface area contributed by atoms with Gasteiger partial charge in [0.2, 0.25) is 0 Å². The SMILES string of the molecule is CN(C)/C=N/S(=O)(=O)c1ccc(-n2cnc(Cl)c2-c2ccc(O)c(F)c2)cc1. The minimum atomic E-state index is -3.82. The Morgan fingerprint density at radius 2 is 1.89 bits per heavy atom. The molecule has 0 amide bonds. The fourth-order valence-corrected chi connectivity index (χ4v) is 3.59. The monoisotopic (exact) mass is 422 g/mol. The maximum absolute atomic E-state index is 13.7. The summed E-state index contributed by atoms with van der Waals surface area (Å²) in [5, 5.41) is 9.52. The molecule has 2 aromatic carbocycles. The number of nitrogens with zero attached hydrogens (tertiary/aromatic N) is 4. The Labute approximate surface area is 166 Å². The van der Waals surface area contributed by atoms with E-state index in [1.54, 1.807) is 30.8 Å². The molecule has 3 rings (SSSR count). The number of halogens is 2. The van der Waals surface area contributed by atoms with Gasteiger partial charge in [-0.2, -0.15) is 8.42 Å². The Hall–Kier alpha value is -2.91. The largest absolute Gasteiger partial charge is 0.505 e. The van der Waals surface area contributed by atoms with Gasteiger partial charge in [0, 0.05) is 25.3 Å². The van der Waals surface area contributed by atoms with E-state index in [0.717, 1.165) is 6.07 Å². The summed E-state index contributed by atoms with van der Waals surface area (Å²) >= 11 is 6.16. The van der Waals surface area contributed by atoms with Crippen molar-refractivity contribution in [3.8, 4) is 22.7 Å². The van der Waals surface area contributed by atoms with E-state index in [9.17, 15) is 17.9 Å². The van der Waals surface area contributed by atoms with E-state index in [1.165, 1.54) is 41.8 Å². The fourth-order valence-electron chi connectivity index (χ4n) is 2.43. The summed E-state index contributed by atoms with van der Waals surface area (Å²) in [7, 11) is -0.492. The molecule has 1 N–H and O–H groups in total. The Bertz CT molecular complexity index is 1140. The Balaban J connectivity index is 2.01. The summed E-state index contributed by atoms with van der Waals surface area (Å²) in [6, 6.07) is 9.82. The molecule has 0 atom stereocenters. The lowest BCUT2D eigenvalue weighted by Gasteiger charge is -2.10. The summed E-state index contributed by atoms with van der Waals surface area (Å²) in [6.07, 6.45) is 2.65. The van der Waals surface area contributed by atoms with Crippen LogP contribution in [0.1, 0.15) is 0 Å². The third-order valence-electron chi connectivity index (χ3n) is 3.77. The van der Waals surface area contributed by atoms with Crippen molar-refractivity contribution in [1.29, 1.82) is 0 Å². The van der Waals surface area contributed by atoms with E-state index >= 15 is 0 Å². The molecule has 0 saturated carbocycles. The second kappa shape index (κ2) is 7.61. The number of phenols is 1. The molecular weight excluding hydrogens is 407 g/mol. The van der Waals surface area contributed by atoms with Gasteiger partial charge in [-0.3, -0.25) is 4.57 Å². The molecule has 1 aromatic heterocycles. The first-order chi connectivity index (χ1) is 13.2. The van der Waals surface area contributed by atoms with Crippen molar-refractivity contribution >= 4 is 28.0 Å². The van der Waals surface area contributed by atoms with Crippen LogP contribution in [0.5, 0.6) is 5.75 Å². The molecule has 0 unspecified atom stereocenters. The van der Waals surface area contributed by atoms with Crippen LogP contribution in [0.15, 0.2) is 58.1 Å². The molecular formula is C18H16ClFN4O3S. The quantitative estimate of drug-likeness (QED) is 0.503. The van der Waals surface area contributed by atoms with E-state index in [4.69, 9.17) is 11.6 Å². The van der Waals surface area contributed by atoms with Gasteiger partial charge >= 0.3 is 0 Å². The molecule has 1 heterocycles. The van der Waals surface area contributed by atoms with Crippen LogP contribution in [0.2, 0.25) is 5.15 Å². The highest BCUT2D eigenvalue weighted by molar-refractivity contribution is 7.90. The smallest absolute Gasteiger partial charge is 0.283 e. The highest BCUT2D eigenvalue weighted by atomic mass is 35.5. The lowest BCUT2D eigenvalue weighted by Crippen LogP contribution is -2.10. The number of hydrogen-bond donors (Lipinski definition) is 1. The topological polar surface area (TPSA) is 87.8 Å². The van der Waals surface area contributed by atoms with Crippen molar-refractivity contribution in [2.75, 3.05) is 14.1 Å². The maximum atomic E-state index is 13.7. The van der Waals surface area contributed by atoms with Crippen LogP contribution >= 0.6 is 11.6 Å². The van der Waals surface area contributed by atoms with Gasteiger partial charge in [0.15, 0.2) is 16.7 Å². The van der Waals surface area contributed by atoms with Gasteiger partial charge in [0.05, 0.1) is 10.6 Å². The van der Waals surface area contributed by atoms with Gasteiger partial charge in [-0.1, -0.05) is 11.6 Å². The maximum Gasteiger partial charge on any atom is 0.283 e. The predicted octanol–water partition coefficient (Wildman–Crippen LogP) is 3.32. The lowest BCUT2D eigenvalue weighted by atomic mass is 10.1. The highest BCUT2D eigenvalue weighted by Crippen LogP contribution is 2.32. The third-order valence-corrected chi connectivity index (χ3v) is 5.29. The predicted molar refractivity (Wildman–Crippen MR) is 105 cm³/mol. The van der Waals surface area contributed by atoms with Crippen molar-refractivity contribution < 1.29 is 17.9 Å². The number of aromatic hydroxyl groups is 1. The van der Waals surface area contributed by atoms with Gasteiger partial charge in [-0.05, 0) is 42.5 Å². The summed E-state index contributed by atoms with van der Waals surface area (Å²) in [5.41, 5.74) is 1.38. The van der Waals surface area contributed by atoms with Crippen LogP contribution in [0, 0.1) is 5.82 Å². The first kappa shape index (κ1) is 19.8. The van der Waals surface area contributed by atoms with Gasteiger partial charge in [0.1, 0.15) is 12.7 Å². The fraction of sp³-hybridized carbons (Fsp3) is 0.111. The average molecular weight is 423 g/mol. The summed E-state index contributed by atoms with van der Waals surface area (Å²) in [4.78, 5) is 5.58. The van der Waals surface area contributed by atoms with E-state index < -0.39 is 21.6 Å². The second-order valence-electron chi connectivity index (χ2n) is 6.07. The molecule has 0 saturated heterocycles. The minimum absolute atomic E-state index is 0.0257. The van der Waals surface area contributed by atoms with Gasteiger partial charge in [-0.25, -0.2) is 9.37 Å². The molecule has 0 bridgehead atoms. The Kier molecular flexibility index (Phi) is 5.39. The molecule has 10 heteroatoms. The van der Waals surface area contributed by atoms with Crippen LogP contribution in [0.25, 0.3) is 16.9 Å². The van der Waals surface area contributed by atoms with Gasteiger partial charge in [0.25, 0.3) is 10.0 Å². The first-order valence-electron chi connectivity index (χ1n) is 7.98. The molecule has 0 aliphatic heterocycles. The number of aromatic nitrogens is 2. The lowest BCUT2D eigenvalue weighted by molar-refractivity contribution is 0.432. The van der Waals surface area contributed by atoms with Crippen molar-refractivity contribution in [2.45, 2.75) is 4.90 Å². The number of phenolic OH excluding ortho intramolecular Hbond substituents is 1. The molecule has 0 aliphatic carbocycles. The minimum Gasteiger partial charge on any atom is -0.505 e. The zero-order valence-corrected chi connectivity index (χ0v) is 16.5. The second-order valence-corrected chi connectivity index (χ2v) is 8.06. The molecule has 0 fully saturated rings. The highest BCUT2D eigenvalue weighted by Gasteiger charge is 2.16. The molecule has 0 radical (unpaired) electrons. The number of imidazole rings is 1. The molecule has 146 valence electrons. The van der Waals surface area contributed by atoms with E-state index in [1.807, 2.05) is 0 Å². The van der Waals surface area contributed by atoms with Crippen molar-refractivity contribution in [3.63, 3.8) is 0 Å². The number of sulfonamides is 1. The van der Waals surface area contributed by atoms with Crippen LogP contribution in [0.4, 0.5) is 4.39 Å². The summed E-state index contributed by atoms with van der Waals surface area (Å²) in [5.74, 6) is -1.26. The summed E-state index contributed by atoms with van der Waals surface area (Å²) in [6.45, 7) is 0. The van der Waals surface area contributed by atoms with Crippen molar-refractivity contribution in [3.05, 3.63) is 59.8 Å².